The van der Waals surface area contributed by atoms with Gasteiger partial charge in [0.15, 0.2) is 11.2 Å². The highest BCUT2D eigenvalue weighted by Gasteiger charge is 2.18. The third kappa shape index (κ3) is 3.05. The zero-order valence-corrected chi connectivity index (χ0v) is 16.3. The van der Waals surface area contributed by atoms with Gasteiger partial charge >= 0.3 is 5.69 Å². The summed E-state index contributed by atoms with van der Waals surface area (Å²) in [7, 11) is 0. The van der Waals surface area contributed by atoms with Crippen molar-refractivity contribution in [3.63, 3.8) is 0 Å². The van der Waals surface area contributed by atoms with E-state index in [2.05, 4.69) is 11.1 Å². The maximum Gasteiger partial charge on any atom is 0.337 e. The van der Waals surface area contributed by atoms with E-state index >= 15 is 0 Å². The lowest BCUT2D eigenvalue weighted by Crippen LogP contribution is -2.39. The number of benzene rings is 2. The first-order valence-corrected chi connectivity index (χ1v) is 9.39. The fourth-order valence-corrected chi connectivity index (χ4v) is 3.53. The lowest BCUT2D eigenvalue weighted by molar-refractivity contribution is 0.655. The molecule has 6 nitrogen and oxygen atoms in total. The van der Waals surface area contributed by atoms with E-state index in [1.165, 1.54) is 9.13 Å². The van der Waals surface area contributed by atoms with Gasteiger partial charge in [0.05, 0.1) is 12.0 Å². The molecule has 0 aliphatic heterocycles. The van der Waals surface area contributed by atoms with Gasteiger partial charge in [-0.2, -0.15) is 0 Å². The predicted molar refractivity (Wildman–Crippen MR) is 111 cm³/mol. The van der Waals surface area contributed by atoms with E-state index < -0.39 is 5.69 Å². The summed E-state index contributed by atoms with van der Waals surface area (Å²) in [6.07, 6.45) is 1.61. The number of nitrogens with zero attached hydrogens (tertiary/aromatic N) is 4. The quantitative estimate of drug-likeness (QED) is 0.533. The second-order valence-electron chi connectivity index (χ2n) is 6.68. The molecule has 142 valence electrons. The second-order valence-corrected chi connectivity index (χ2v) is 7.11. The average molecular weight is 395 g/mol. The second kappa shape index (κ2) is 7.13. The summed E-state index contributed by atoms with van der Waals surface area (Å²) in [5.41, 5.74) is 2.81. The first-order valence-electron chi connectivity index (χ1n) is 9.01. The third-order valence-electron chi connectivity index (χ3n) is 4.74. The Hall–Kier alpha value is -3.12. The first-order chi connectivity index (χ1) is 13.5. The molecular weight excluding hydrogens is 376 g/mol. The average Bonchev–Trinajstić information content (AvgIpc) is 3.07. The van der Waals surface area contributed by atoms with Crippen LogP contribution in [0, 0.1) is 6.92 Å². The molecule has 0 spiro atoms. The molecule has 0 saturated heterocycles. The molecule has 4 rings (SSSR count). The van der Waals surface area contributed by atoms with Crippen LogP contribution in [0.5, 0.6) is 0 Å². The van der Waals surface area contributed by atoms with Gasteiger partial charge in [0.2, 0.25) is 0 Å². The van der Waals surface area contributed by atoms with Gasteiger partial charge in [-0.25, -0.2) is 14.3 Å². The van der Waals surface area contributed by atoms with Crippen LogP contribution >= 0.6 is 11.6 Å². The van der Waals surface area contributed by atoms with Crippen molar-refractivity contribution in [1.29, 1.82) is 0 Å². The minimum atomic E-state index is -0.414. The van der Waals surface area contributed by atoms with Gasteiger partial charge < -0.3 is 4.57 Å². The predicted octanol–water partition coefficient (Wildman–Crippen LogP) is 3.38. The molecule has 0 fully saturated rings. The molecule has 0 saturated carbocycles. The molecule has 0 amide bonds. The third-order valence-corrected chi connectivity index (χ3v) is 4.99. The monoisotopic (exact) mass is 394 g/mol. The molecule has 2 heterocycles. The molecule has 0 radical (unpaired) electrons. The fraction of sp³-hybridized carbons (Fsp3) is 0.190. The standard InChI is InChI=1S/C21H19ClN4O2/c1-3-25-20(27)18-19(26(21(25)28)17-9-7-16(22)8-10-17)23-13-24(18)12-15-6-4-5-14(2)11-15/h4-11,13H,3,12H2,1-2H3. The minimum absolute atomic E-state index is 0.275. The van der Waals surface area contributed by atoms with Gasteiger partial charge in [-0.05, 0) is 43.7 Å². The zero-order chi connectivity index (χ0) is 19.8. The van der Waals surface area contributed by atoms with E-state index in [4.69, 9.17) is 11.6 Å². The molecule has 0 atom stereocenters. The van der Waals surface area contributed by atoms with E-state index in [0.29, 0.717) is 28.4 Å². The molecule has 0 unspecified atom stereocenters. The van der Waals surface area contributed by atoms with Gasteiger partial charge in [0, 0.05) is 18.1 Å². The largest absolute Gasteiger partial charge is 0.337 e. The highest BCUT2D eigenvalue weighted by atomic mass is 35.5. The molecule has 0 N–H and O–H groups in total. The number of hydrogen-bond acceptors (Lipinski definition) is 3. The Balaban J connectivity index is 1.98. The SMILES string of the molecule is CCn1c(=O)c2c(ncn2Cc2cccc(C)c2)n(-c2ccc(Cl)cc2)c1=O. The van der Waals surface area contributed by atoms with E-state index in [0.717, 1.165) is 11.1 Å². The van der Waals surface area contributed by atoms with Crippen molar-refractivity contribution in [3.8, 4) is 5.69 Å². The van der Waals surface area contributed by atoms with Crippen LogP contribution in [-0.2, 0) is 13.1 Å². The summed E-state index contributed by atoms with van der Waals surface area (Å²) in [5, 5.41) is 0.571. The molecule has 28 heavy (non-hydrogen) atoms. The van der Waals surface area contributed by atoms with Crippen molar-refractivity contribution in [1.82, 2.24) is 18.7 Å². The van der Waals surface area contributed by atoms with E-state index in [1.807, 2.05) is 25.1 Å². The maximum absolute atomic E-state index is 13.0. The summed E-state index contributed by atoms with van der Waals surface area (Å²) in [6.45, 7) is 4.58. The van der Waals surface area contributed by atoms with Crippen molar-refractivity contribution < 1.29 is 0 Å². The Morgan fingerprint density at radius 3 is 2.50 bits per heavy atom. The van der Waals surface area contributed by atoms with Crippen LogP contribution in [0.15, 0.2) is 64.4 Å². The van der Waals surface area contributed by atoms with Crippen LogP contribution < -0.4 is 11.2 Å². The van der Waals surface area contributed by atoms with Crippen molar-refractivity contribution in [2.45, 2.75) is 26.9 Å². The van der Waals surface area contributed by atoms with Crippen molar-refractivity contribution in [2.24, 2.45) is 0 Å². The lowest BCUT2D eigenvalue weighted by atomic mass is 10.1. The van der Waals surface area contributed by atoms with E-state index in [1.54, 1.807) is 42.1 Å². The van der Waals surface area contributed by atoms with Gasteiger partial charge in [-0.3, -0.25) is 9.36 Å². The van der Waals surface area contributed by atoms with Gasteiger partial charge in [0.25, 0.3) is 5.56 Å². The summed E-state index contributed by atoms with van der Waals surface area (Å²) >= 11 is 5.99. The summed E-state index contributed by atoms with van der Waals surface area (Å²) in [5.74, 6) is 0. The Labute approximate surface area is 166 Å². The molecule has 0 aliphatic rings. The summed E-state index contributed by atoms with van der Waals surface area (Å²) in [4.78, 5) is 30.4. The first kappa shape index (κ1) is 18.3. The zero-order valence-electron chi connectivity index (χ0n) is 15.6. The van der Waals surface area contributed by atoms with Gasteiger partial charge in [-0.1, -0.05) is 41.4 Å². The molecule has 7 heteroatoms. The smallest absolute Gasteiger partial charge is 0.320 e. The maximum atomic E-state index is 13.0. The Morgan fingerprint density at radius 2 is 1.82 bits per heavy atom. The van der Waals surface area contributed by atoms with Crippen LogP contribution in [-0.4, -0.2) is 18.7 Å². The van der Waals surface area contributed by atoms with Gasteiger partial charge in [-0.15, -0.1) is 0 Å². The highest BCUT2D eigenvalue weighted by molar-refractivity contribution is 6.30. The van der Waals surface area contributed by atoms with Crippen molar-refractivity contribution >= 4 is 22.8 Å². The Morgan fingerprint density at radius 1 is 1.07 bits per heavy atom. The summed E-state index contributed by atoms with van der Waals surface area (Å²) in [6, 6.07) is 15.0. The number of fused-ring (bicyclic) bond motifs is 1. The number of aryl methyl sites for hydroxylation is 1. The molecular formula is C21H19ClN4O2. The van der Waals surface area contributed by atoms with Crippen LogP contribution in [0.25, 0.3) is 16.9 Å². The van der Waals surface area contributed by atoms with Crippen molar-refractivity contribution in [2.75, 3.05) is 0 Å². The minimum Gasteiger partial charge on any atom is -0.320 e. The van der Waals surface area contributed by atoms with Crippen LogP contribution in [0.4, 0.5) is 0 Å². The van der Waals surface area contributed by atoms with Crippen LogP contribution in [0.1, 0.15) is 18.1 Å². The van der Waals surface area contributed by atoms with E-state index in [-0.39, 0.29) is 12.1 Å². The molecule has 2 aromatic heterocycles. The normalized spacial score (nSPS) is 11.2. The Kier molecular flexibility index (Phi) is 4.65. The molecule has 0 bridgehead atoms. The van der Waals surface area contributed by atoms with E-state index in [9.17, 15) is 9.59 Å². The van der Waals surface area contributed by atoms with Gasteiger partial charge in [0.1, 0.15) is 0 Å². The number of rotatable bonds is 4. The Bertz CT molecular complexity index is 1280. The fourth-order valence-electron chi connectivity index (χ4n) is 3.41. The van der Waals surface area contributed by atoms with Crippen molar-refractivity contribution in [3.05, 3.63) is 91.8 Å². The summed E-state index contributed by atoms with van der Waals surface area (Å²) < 4.78 is 4.49. The molecule has 4 aromatic rings. The molecule has 0 aliphatic carbocycles. The van der Waals surface area contributed by atoms with Crippen LogP contribution in [0.2, 0.25) is 5.02 Å². The number of halogens is 1. The molecule has 2 aromatic carbocycles. The van der Waals surface area contributed by atoms with Crippen LogP contribution in [0.3, 0.4) is 0 Å². The highest BCUT2D eigenvalue weighted by Crippen LogP contribution is 2.17. The lowest BCUT2D eigenvalue weighted by Gasteiger charge is -2.12. The number of aromatic nitrogens is 4. The number of imidazole rings is 1. The topological polar surface area (TPSA) is 61.8 Å². The number of hydrogen-bond donors (Lipinski definition) is 0.